The van der Waals surface area contributed by atoms with Gasteiger partial charge in [-0.2, -0.15) is 0 Å². The molecule has 0 aliphatic heterocycles. The number of rotatable bonds is 31. The summed E-state index contributed by atoms with van der Waals surface area (Å²) < 4.78 is 10.8. The van der Waals surface area contributed by atoms with E-state index in [1.165, 1.54) is 70.6 Å². The fourth-order valence-corrected chi connectivity index (χ4v) is 4.39. The van der Waals surface area contributed by atoms with Crippen molar-refractivity contribution in [3.05, 3.63) is 0 Å². The van der Waals surface area contributed by atoms with Crippen molar-refractivity contribution in [2.75, 3.05) is 26.4 Å². The molecular weight excluding hydrogens is 514 g/mol. The first-order valence-corrected chi connectivity index (χ1v) is 16.0. The van der Waals surface area contributed by atoms with Gasteiger partial charge in [0.15, 0.2) is 6.10 Å². The van der Waals surface area contributed by atoms with Crippen LogP contribution >= 0.6 is 0 Å². The lowest BCUT2D eigenvalue weighted by atomic mass is 10.0. The summed E-state index contributed by atoms with van der Waals surface area (Å²) in [4.78, 5) is 44.9. The summed E-state index contributed by atoms with van der Waals surface area (Å²) in [5, 5.41) is 8.66. The Morgan fingerprint density at radius 1 is 0.600 bits per heavy atom. The zero-order valence-corrected chi connectivity index (χ0v) is 25.3. The second-order valence-electron chi connectivity index (χ2n) is 10.7. The summed E-state index contributed by atoms with van der Waals surface area (Å²) in [5.41, 5.74) is 5.38. The van der Waals surface area contributed by atoms with Gasteiger partial charge in [0.05, 0.1) is 6.61 Å². The summed E-state index contributed by atoms with van der Waals surface area (Å²) in [7, 11) is 0. The summed E-state index contributed by atoms with van der Waals surface area (Å²) in [6.07, 6.45) is 21.5. The van der Waals surface area contributed by atoms with Crippen molar-refractivity contribution in [2.45, 2.75) is 154 Å². The van der Waals surface area contributed by atoms with Crippen LogP contribution in [-0.2, 0) is 33.6 Å². The average Bonchev–Trinajstić information content (AvgIpc) is 2.93. The van der Waals surface area contributed by atoms with Crippen molar-refractivity contribution in [2.24, 2.45) is 5.73 Å². The number of carboxylic acid groups (broad SMARTS) is 1. The van der Waals surface area contributed by atoms with Gasteiger partial charge in [0.1, 0.15) is 13.2 Å². The molecule has 0 rings (SSSR count). The van der Waals surface area contributed by atoms with Gasteiger partial charge in [0.2, 0.25) is 0 Å². The summed E-state index contributed by atoms with van der Waals surface area (Å²) in [5.74, 6) is -1.47. The Hall–Kier alpha value is -1.71. The Bertz CT molecular complexity index is 602. The first-order valence-electron chi connectivity index (χ1n) is 16.0. The molecule has 0 aromatic carbocycles. The number of esters is 2. The van der Waals surface area contributed by atoms with Crippen LogP contribution in [0.5, 0.6) is 0 Å². The molecule has 9 heteroatoms. The number of unbranched alkanes of at least 4 members (excludes halogenated alkanes) is 17. The smallest absolute Gasteiger partial charge is 0.306 e. The number of carbonyl (C=O) groups excluding carboxylic acids is 2. The molecule has 0 saturated heterocycles. The predicted molar refractivity (Wildman–Crippen MR) is 157 cm³/mol. The van der Waals surface area contributed by atoms with Gasteiger partial charge in [-0.25, -0.2) is 9.78 Å². The third-order valence-corrected chi connectivity index (χ3v) is 6.77. The van der Waals surface area contributed by atoms with Gasteiger partial charge in [-0.05, 0) is 19.3 Å². The summed E-state index contributed by atoms with van der Waals surface area (Å²) in [6.45, 7) is 2.63. The molecule has 236 valence electrons. The van der Waals surface area contributed by atoms with Crippen LogP contribution in [0.15, 0.2) is 0 Å². The highest BCUT2D eigenvalue weighted by atomic mass is 17.2. The Morgan fingerprint density at radius 2 is 1.05 bits per heavy atom. The van der Waals surface area contributed by atoms with E-state index in [2.05, 4.69) is 6.92 Å². The normalized spacial score (nSPS) is 11.8. The van der Waals surface area contributed by atoms with Crippen LogP contribution in [0.1, 0.15) is 148 Å². The van der Waals surface area contributed by atoms with Crippen molar-refractivity contribution >= 4 is 17.9 Å². The molecule has 40 heavy (non-hydrogen) atoms. The van der Waals surface area contributed by atoms with Gasteiger partial charge in [-0.15, -0.1) is 0 Å². The molecule has 0 fully saturated rings. The zero-order chi connectivity index (χ0) is 29.5. The number of nitrogens with two attached hydrogens (primary N) is 1. The Morgan fingerprint density at radius 3 is 1.52 bits per heavy atom. The van der Waals surface area contributed by atoms with Gasteiger partial charge in [-0.1, -0.05) is 110 Å². The molecule has 0 aliphatic rings. The molecule has 0 aromatic rings. The van der Waals surface area contributed by atoms with Crippen molar-refractivity contribution in [1.29, 1.82) is 0 Å². The number of hydrogen-bond donors (Lipinski definition) is 2. The zero-order valence-electron chi connectivity index (χ0n) is 25.3. The van der Waals surface area contributed by atoms with E-state index >= 15 is 0 Å². The minimum absolute atomic E-state index is 0.0485. The number of aliphatic carboxylic acids is 1. The van der Waals surface area contributed by atoms with Crippen LogP contribution in [0.3, 0.4) is 0 Å². The molecule has 0 heterocycles. The van der Waals surface area contributed by atoms with E-state index in [-0.39, 0.29) is 44.6 Å². The standard InChI is InChI=1S/C31H59NO8/c1-2-3-4-5-6-7-8-9-10-11-12-13-16-19-22-30(35)37-26-28(27-39-38-25-24-32)40-31(36)23-20-17-14-15-18-21-29(33)34/h28H,2-27,32H2,1H3,(H,33,34). The lowest BCUT2D eigenvalue weighted by Crippen LogP contribution is -2.30. The molecule has 0 aromatic heterocycles. The topological polar surface area (TPSA) is 134 Å². The highest BCUT2D eigenvalue weighted by Crippen LogP contribution is 2.14. The first kappa shape index (κ1) is 38.3. The minimum Gasteiger partial charge on any atom is -0.481 e. The highest BCUT2D eigenvalue weighted by molar-refractivity contribution is 5.70. The van der Waals surface area contributed by atoms with Crippen LogP contribution in [-0.4, -0.2) is 55.5 Å². The third-order valence-electron chi connectivity index (χ3n) is 6.77. The molecule has 1 atom stereocenters. The molecular formula is C31H59NO8. The number of hydrogen-bond acceptors (Lipinski definition) is 8. The van der Waals surface area contributed by atoms with Crippen LogP contribution in [0.2, 0.25) is 0 Å². The van der Waals surface area contributed by atoms with E-state index in [0.717, 1.165) is 38.5 Å². The second-order valence-corrected chi connectivity index (χ2v) is 10.7. The van der Waals surface area contributed by atoms with Crippen LogP contribution in [0.4, 0.5) is 0 Å². The van der Waals surface area contributed by atoms with E-state index < -0.39 is 12.1 Å². The maximum atomic E-state index is 12.2. The molecule has 1 unspecified atom stereocenters. The molecule has 9 nitrogen and oxygen atoms in total. The third kappa shape index (κ3) is 29.3. The Kier molecular flexibility index (Phi) is 29.0. The predicted octanol–water partition coefficient (Wildman–Crippen LogP) is 7.04. The number of carboxylic acids is 1. The first-order chi connectivity index (χ1) is 19.5. The summed E-state index contributed by atoms with van der Waals surface area (Å²) >= 11 is 0. The lowest BCUT2D eigenvalue weighted by Gasteiger charge is -2.17. The highest BCUT2D eigenvalue weighted by Gasteiger charge is 2.18. The van der Waals surface area contributed by atoms with Gasteiger partial charge < -0.3 is 20.3 Å². The molecule has 3 N–H and O–H groups in total. The Balaban J connectivity index is 3.91. The van der Waals surface area contributed by atoms with Crippen LogP contribution < -0.4 is 5.73 Å². The van der Waals surface area contributed by atoms with Gasteiger partial charge in [-0.3, -0.25) is 14.4 Å². The largest absolute Gasteiger partial charge is 0.481 e. The van der Waals surface area contributed by atoms with Crippen molar-refractivity contribution in [3.8, 4) is 0 Å². The van der Waals surface area contributed by atoms with Gasteiger partial charge in [0.25, 0.3) is 0 Å². The Labute approximate surface area is 243 Å². The lowest BCUT2D eigenvalue weighted by molar-refractivity contribution is -0.305. The van der Waals surface area contributed by atoms with Gasteiger partial charge >= 0.3 is 17.9 Å². The number of carbonyl (C=O) groups is 3. The minimum atomic E-state index is -0.785. The van der Waals surface area contributed by atoms with Crippen molar-refractivity contribution < 1.29 is 38.7 Å². The van der Waals surface area contributed by atoms with E-state index in [1.807, 2.05) is 0 Å². The van der Waals surface area contributed by atoms with Gasteiger partial charge in [0, 0.05) is 25.8 Å². The quantitative estimate of drug-likeness (QED) is 0.0387. The van der Waals surface area contributed by atoms with Crippen molar-refractivity contribution in [3.63, 3.8) is 0 Å². The average molecular weight is 574 g/mol. The maximum Gasteiger partial charge on any atom is 0.306 e. The van der Waals surface area contributed by atoms with Crippen molar-refractivity contribution in [1.82, 2.24) is 0 Å². The fraction of sp³-hybridized carbons (Fsp3) is 0.903. The summed E-state index contributed by atoms with van der Waals surface area (Å²) in [6, 6.07) is 0. The molecule has 0 saturated carbocycles. The second kappa shape index (κ2) is 30.3. The van der Waals surface area contributed by atoms with Crippen LogP contribution in [0, 0.1) is 0 Å². The molecule has 0 radical (unpaired) electrons. The molecule has 0 spiro atoms. The van der Waals surface area contributed by atoms with E-state index in [0.29, 0.717) is 25.8 Å². The molecule has 0 aliphatic carbocycles. The monoisotopic (exact) mass is 573 g/mol. The molecule has 0 bridgehead atoms. The molecule has 0 amide bonds. The van der Waals surface area contributed by atoms with Crippen LogP contribution in [0.25, 0.3) is 0 Å². The van der Waals surface area contributed by atoms with E-state index in [9.17, 15) is 14.4 Å². The van der Waals surface area contributed by atoms with E-state index in [1.54, 1.807) is 0 Å². The fourth-order valence-electron chi connectivity index (χ4n) is 4.39. The SMILES string of the molecule is CCCCCCCCCCCCCCCCC(=O)OCC(COOCCN)OC(=O)CCCCCCCC(=O)O. The maximum absolute atomic E-state index is 12.2. The van der Waals surface area contributed by atoms with E-state index in [4.69, 9.17) is 30.1 Å². The number of ether oxygens (including phenoxy) is 2.